The third-order valence-corrected chi connectivity index (χ3v) is 2.28. The molecule has 0 aromatic carbocycles. The lowest BCUT2D eigenvalue weighted by atomic mass is 9.95. The van der Waals surface area contributed by atoms with Crippen LogP contribution in [0.1, 0.15) is 27.7 Å². The normalized spacial score (nSPS) is 30.5. The van der Waals surface area contributed by atoms with Crippen LogP contribution in [-0.4, -0.2) is 11.9 Å². The average molecular weight is 154 g/mol. The third-order valence-electron chi connectivity index (χ3n) is 2.28. The molecule has 0 spiro atoms. The Bertz CT molecular complexity index is 216. The molecule has 0 aliphatic carbocycles. The standard InChI is InChI=1S/C9H14O2/c1-5-7(3)11-8(4)9(5)6(2)10/h5,7H,1-4H3. The highest BCUT2D eigenvalue weighted by molar-refractivity contribution is 5.94. The summed E-state index contributed by atoms with van der Waals surface area (Å²) in [6, 6.07) is 0. The van der Waals surface area contributed by atoms with Crippen molar-refractivity contribution in [2.24, 2.45) is 5.92 Å². The predicted octanol–water partition coefficient (Wildman–Crippen LogP) is 1.90. The van der Waals surface area contributed by atoms with E-state index in [2.05, 4.69) is 0 Å². The Morgan fingerprint density at radius 1 is 1.45 bits per heavy atom. The minimum atomic E-state index is 0.138. The summed E-state index contributed by atoms with van der Waals surface area (Å²) >= 11 is 0. The number of hydrogen-bond acceptors (Lipinski definition) is 2. The molecule has 2 unspecified atom stereocenters. The minimum absolute atomic E-state index is 0.138. The van der Waals surface area contributed by atoms with Gasteiger partial charge in [-0.05, 0) is 20.8 Å². The minimum Gasteiger partial charge on any atom is -0.494 e. The van der Waals surface area contributed by atoms with Crippen molar-refractivity contribution in [3.05, 3.63) is 11.3 Å². The summed E-state index contributed by atoms with van der Waals surface area (Å²) in [5, 5.41) is 0. The van der Waals surface area contributed by atoms with Gasteiger partial charge in [0.25, 0.3) is 0 Å². The quantitative estimate of drug-likeness (QED) is 0.576. The second kappa shape index (κ2) is 2.68. The molecule has 0 amide bonds. The molecule has 0 saturated carbocycles. The molecular weight excluding hydrogens is 140 g/mol. The van der Waals surface area contributed by atoms with Crippen molar-refractivity contribution in [1.29, 1.82) is 0 Å². The Labute approximate surface area is 67.2 Å². The number of carbonyl (C=O) groups excluding carboxylic acids is 1. The van der Waals surface area contributed by atoms with Crippen molar-refractivity contribution >= 4 is 5.78 Å². The highest BCUT2D eigenvalue weighted by atomic mass is 16.5. The van der Waals surface area contributed by atoms with Crippen molar-refractivity contribution in [2.45, 2.75) is 33.8 Å². The zero-order valence-electron chi connectivity index (χ0n) is 7.47. The van der Waals surface area contributed by atoms with E-state index >= 15 is 0 Å². The Hall–Kier alpha value is -0.790. The first-order chi connectivity index (χ1) is 5.04. The zero-order chi connectivity index (χ0) is 8.59. The van der Waals surface area contributed by atoms with Crippen LogP contribution in [0.5, 0.6) is 0 Å². The second-order valence-electron chi connectivity index (χ2n) is 3.14. The molecule has 1 heterocycles. The average Bonchev–Trinajstić information content (AvgIpc) is 2.07. The van der Waals surface area contributed by atoms with Crippen LogP contribution >= 0.6 is 0 Å². The lowest BCUT2D eigenvalue weighted by Gasteiger charge is -2.09. The molecule has 0 saturated heterocycles. The van der Waals surface area contributed by atoms with Gasteiger partial charge < -0.3 is 4.74 Å². The van der Waals surface area contributed by atoms with Crippen LogP contribution < -0.4 is 0 Å². The first-order valence-electron chi connectivity index (χ1n) is 3.92. The summed E-state index contributed by atoms with van der Waals surface area (Å²) < 4.78 is 5.41. The number of hydrogen-bond donors (Lipinski definition) is 0. The number of carbonyl (C=O) groups is 1. The highest BCUT2D eigenvalue weighted by Crippen LogP contribution is 2.30. The molecule has 2 nitrogen and oxygen atoms in total. The maximum Gasteiger partial charge on any atom is 0.159 e. The Morgan fingerprint density at radius 3 is 2.18 bits per heavy atom. The Balaban J connectivity index is 2.91. The lowest BCUT2D eigenvalue weighted by Crippen LogP contribution is -2.13. The van der Waals surface area contributed by atoms with Gasteiger partial charge in [0.2, 0.25) is 0 Å². The van der Waals surface area contributed by atoms with Gasteiger partial charge in [0.15, 0.2) is 5.78 Å². The van der Waals surface area contributed by atoms with E-state index in [1.54, 1.807) is 6.92 Å². The van der Waals surface area contributed by atoms with Crippen molar-refractivity contribution < 1.29 is 9.53 Å². The largest absolute Gasteiger partial charge is 0.494 e. The molecule has 62 valence electrons. The number of Topliss-reactive ketones (excluding diaryl/α,β-unsaturated/α-hetero) is 1. The first kappa shape index (κ1) is 8.31. The molecule has 0 bridgehead atoms. The van der Waals surface area contributed by atoms with Crippen molar-refractivity contribution in [3.63, 3.8) is 0 Å². The fourth-order valence-corrected chi connectivity index (χ4v) is 1.57. The number of rotatable bonds is 1. The van der Waals surface area contributed by atoms with Gasteiger partial charge in [0.05, 0.1) is 0 Å². The topological polar surface area (TPSA) is 26.3 Å². The molecule has 11 heavy (non-hydrogen) atoms. The van der Waals surface area contributed by atoms with Crippen molar-refractivity contribution in [3.8, 4) is 0 Å². The molecule has 0 radical (unpaired) electrons. The molecule has 0 fully saturated rings. The lowest BCUT2D eigenvalue weighted by molar-refractivity contribution is -0.114. The van der Waals surface area contributed by atoms with Gasteiger partial charge in [0, 0.05) is 11.5 Å². The van der Waals surface area contributed by atoms with Gasteiger partial charge in [-0.25, -0.2) is 0 Å². The van der Waals surface area contributed by atoms with E-state index in [0.29, 0.717) is 0 Å². The smallest absolute Gasteiger partial charge is 0.159 e. The fourth-order valence-electron chi connectivity index (χ4n) is 1.57. The van der Waals surface area contributed by atoms with Crippen LogP contribution in [-0.2, 0) is 9.53 Å². The van der Waals surface area contributed by atoms with Crippen LogP contribution in [0.4, 0.5) is 0 Å². The van der Waals surface area contributed by atoms with E-state index in [1.807, 2.05) is 20.8 Å². The molecule has 1 aliphatic heterocycles. The maximum atomic E-state index is 11.1. The van der Waals surface area contributed by atoms with E-state index in [-0.39, 0.29) is 17.8 Å². The number of ketones is 1. The van der Waals surface area contributed by atoms with Crippen molar-refractivity contribution in [2.75, 3.05) is 0 Å². The van der Waals surface area contributed by atoms with Gasteiger partial charge >= 0.3 is 0 Å². The molecule has 2 heteroatoms. The number of ether oxygens (including phenoxy) is 1. The van der Waals surface area contributed by atoms with E-state index in [0.717, 1.165) is 11.3 Å². The van der Waals surface area contributed by atoms with Crippen LogP contribution in [0, 0.1) is 5.92 Å². The predicted molar refractivity (Wildman–Crippen MR) is 43.1 cm³/mol. The van der Waals surface area contributed by atoms with E-state index in [9.17, 15) is 4.79 Å². The fraction of sp³-hybridized carbons (Fsp3) is 0.667. The molecule has 2 atom stereocenters. The van der Waals surface area contributed by atoms with E-state index < -0.39 is 0 Å². The van der Waals surface area contributed by atoms with E-state index in [1.165, 1.54) is 0 Å². The van der Waals surface area contributed by atoms with Gasteiger partial charge in [-0.15, -0.1) is 0 Å². The zero-order valence-corrected chi connectivity index (χ0v) is 7.47. The molecule has 0 N–H and O–H groups in total. The van der Waals surface area contributed by atoms with Crippen LogP contribution in [0.2, 0.25) is 0 Å². The van der Waals surface area contributed by atoms with Gasteiger partial charge in [0.1, 0.15) is 11.9 Å². The Morgan fingerprint density at radius 2 is 2.00 bits per heavy atom. The van der Waals surface area contributed by atoms with Crippen LogP contribution in [0.15, 0.2) is 11.3 Å². The summed E-state index contributed by atoms with van der Waals surface area (Å²) in [6.45, 7) is 7.47. The highest BCUT2D eigenvalue weighted by Gasteiger charge is 2.30. The Kier molecular flexibility index (Phi) is 2.03. The summed E-state index contributed by atoms with van der Waals surface area (Å²) in [4.78, 5) is 11.1. The van der Waals surface area contributed by atoms with Gasteiger partial charge in [-0.3, -0.25) is 4.79 Å². The monoisotopic (exact) mass is 154 g/mol. The summed E-state index contributed by atoms with van der Waals surface area (Å²) in [5.41, 5.74) is 0.859. The number of allylic oxidation sites excluding steroid dienone is 1. The summed E-state index contributed by atoms with van der Waals surface area (Å²) in [7, 11) is 0. The SMILES string of the molecule is CC(=O)C1=C(C)OC(C)C1C. The third kappa shape index (κ3) is 1.30. The summed E-state index contributed by atoms with van der Waals surface area (Å²) in [6.07, 6.45) is 0.161. The maximum absolute atomic E-state index is 11.1. The molecule has 1 aliphatic rings. The van der Waals surface area contributed by atoms with E-state index in [4.69, 9.17) is 4.74 Å². The summed E-state index contributed by atoms with van der Waals surface area (Å²) in [5.74, 6) is 1.20. The van der Waals surface area contributed by atoms with Crippen LogP contribution in [0.25, 0.3) is 0 Å². The molecule has 0 aromatic rings. The van der Waals surface area contributed by atoms with Gasteiger partial charge in [-0.2, -0.15) is 0 Å². The van der Waals surface area contributed by atoms with Gasteiger partial charge in [-0.1, -0.05) is 6.92 Å². The molecule has 0 aromatic heterocycles. The van der Waals surface area contributed by atoms with Crippen molar-refractivity contribution in [1.82, 2.24) is 0 Å². The molecule has 1 rings (SSSR count). The second-order valence-corrected chi connectivity index (χ2v) is 3.14. The van der Waals surface area contributed by atoms with Crippen LogP contribution in [0.3, 0.4) is 0 Å². The molecular formula is C9H14O2. The first-order valence-corrected chi connectivity index (χ1v) is 3.92.